The minimum atomic E-state index is -0.119. The van der Waals surface area contributed by atoms with E-state index in [9.17, 15) is 4.79 Å². The highest BCUT2D eigenvalue weighted by Gasteiger charge is 2.20. The van der Waals surface area contributed by atoms with Crippen LogP contribution in [0.4, 0.5) is 0 Å². The molecule has 1 N–H and O–H groups in total. The molecular weight excluding hydrogens is 380 g/mol. The van der Waals surface area contributed by atoms with Gasteiger partial charge in [0.2, 0.25) is 0 Å². The standard InChI is InChI=1S/C25H21ClN2O/c1-17-23(25(29)27-16-15-18-9-5-7-13-21(18)26)24(19-10-3-2-4-11-19)20-12-6-8-14-22(20)28-17/h2-14H,15-16H2,1H3,(H,27,29). The smallest absolute Gasteiger partial charge is 0.253 e. The zero-order valence-electron chi connectivity index (χ0n) is 16.2. The number of nitrogens with zero attached hydrogens (tertiary/aromatic N) is 1. The number of aromatic nitrogens is 1. The summed E-state index contributed by atoms with van der Waals surface area (Å²) in [6.07, 6.45) is 0.673. The second kappa shape index (κ2) is 8.46. The van der Waals surface area contributed by atoms with Crippen LogP contribution in [-0.4, -0.2) is 17.4 Å². The normalized spacial score (nSPS) is 10.8. The lowest BCUT2D eigenvalue weighted by atomic mass is 9.94. The van der Waals surface area contributed by atoms with E-state index in [-0.39, 0.29) is 5.91 Å². The number of rotatable bonds is 5. The first-order valence-corrected chi connectivity index (χ1v) is 9.99. The molecule has 29 heavy (non-hydrogen) atoms. The zero-order chi connectivity index (χ0) is 20.2. The Morgan fingerprint density at radius 2 is 1.62 bits per heavy atom. The fraction of sp³-hybridized carbons (Fsp3) is 0.120. The van der Waals surface area contributed by atoms with Gasteiger partial charge in [-0.3, -0.25) is 9.78 Å². The molecule has 0 aliphatic rings. The molecule has 1 heterocycles. The molecule has 3 nitrogen and oxygen atoms in total. The highest BCUT2D eigenvalue weighted by molar-refractivity contribution is 6.31. The fourth-order valence-electron chi connectivity index (χ4n) is 3.62. The number of benzene rings is 3. The van der Waals surface area contributed by atoms with Crippen molar-refractivity contribution in [1.82, 2.24) is 10.3 Å². The molecule has 0 saturated carbocycles. The third-order valence-corrected chi connectivity index (χ3v) is 5.37. The van der Waals surface area contributed by atoms with E-state index in [1.807, 2.05) is 85.8 Å². The fourth-order valence-corrected chi connectivity index (χ4v) is 3.85. The third kappa shape index (κ3) is 4.01. The van der Waals surface area contributed by atoms with Crippen molar-refractivity contribution >= 4 is 28.4 Å². The summed E-state index contributed by atoms with van der Waals surface area (Å²) in [6, 6.07) is 25.6. The second-order valence-corrected chi connectivity index (χ2v) is 7.33. The molecule has 3 aromatic carbocycles. The number of nitrogens with one attached hydrogen (secondary N) is 1. The summed E-state index contributed by atoms with van der Waals surface area (Å²) >= 11 is 6.23. The van der Waals surface area contributed by atoms with Gasteiger partial charge in [0, 0.05) is 22.5 Å². The average molecular weight is 401 g/mol. The van der Waals surface area contributed by atoms with Gasteiger partial charge in [-0.1, -0.05) is 78.3 Å². The first kappa shape index (κ1) is 19.2. The molecule has 4 rings (SSSR count). The molecule has 0 radical (unpaired) electrons. The minimum absolute atomic E-state index is 0.119. The summed E-state index contributed by atoms with van der Waals surface area (Å²) < 4.78 is 0. The van der Waals surface area contributed by atoms with Crippen molar-refractivity contribution in [2.45, 2.75) is 13.3 Å². The lowest BCUT2D eigenvalue weighted by molar-refractivity contribution is 0.0954. The molecule has 0 aliphatic carbocycles. The quantitative estimate of drug-likeness (QED) is 0.457. The number of pyridine rings is 1. The summed E-state index contributed by atoms with van der Waals surface area (Å²) in [5.74, 6) is -0.119. The molecule has 0 aliphatic heterocycles. The van der Waals surface area contributed by atoms with Gasteiger partial charge < -0.3 is 5.32 Å². The number of para-hydroxylation sites is 1. The van der Waals surface area contributed by atoms with Crippen LogP contribution in [0, 0.1) is 6.92 Å². The highest BCUT2D eigenvalue weighted by atomic mass is 35.5. The van der Waals surface area contributed by atoms with Crippen LogP contribution in [-0.2, 0) is 6.42 Å². The molecule has 0 saturated heterocycles. The molecule has 0 fully saturated rings. The number of carbonyl (C=O) groups excluding carboxylic acids is 1. The van der Waals surface area contributed by atoms with Gasteiger partial charge in [0.15, 0.2) is 0 Å². The van der Waals surface area contributed by atoms with Crippen LogP contribution in [0.1, 0.15) is 21.6 Å². The Morgan fingerprint density at radius 1 is 0.931 bits per heavy atom. The number of amides is 1. The molecule has 4 heteroatoms. The van der Waals surface area contributed by atoms with Crippen LogP contribution in [0.5, 0.6) is 0 Å². The SMILES string of the molecule is Cc1nc2ccccc2c(-c2ccccc2)c1C(=O)NCCc1ccccc1Cl. The van der Waals surface area contributed by atoms with Crippen molar-refractivity contribution in [3.8, 4) is 11.1 Å². The van der Waals surface area contributed by atoms with Crippen LogP contribution >= 0.6 is 11.6 Å². The molecular formula is C25H21ClN2O. The Hall–Kier alpha value is -3.17. The van der Waals surface area contributed by atoms with Crippen LogP contribution < -0.4 is 5.32 Å². The number of aryl methyl sites for hydroxylation is 1. The molecule has 0 atom stereocenters. The topological polar surface area (TPSA) is 42.0 Å². The van der Waals surface area contributed by atoms with Crippen molar-refractivity contribution in [1.29, 1.82) is 0 Å². The van der Waals surface area contributed by atoms with Crippen molar-refractivity contribution in [2.75, 3.05) is 6.54 Å². The maximum absolute atomic E-state index is 13.2. The van der Waals surface area contributed by atoms with E-state index < -0.39 is 0 Å². The Morgan fingerprint density at radius 3 is 2.41 bits per heavy atom. The number of fused-ring (bicyclic) bond motifs is 1. The van der Waals surface area contributed by atoms with Crippen LogP contribution in [0.15, 0.2) is 78.9 Å². The summed E-state index contributed by atoms with van der Waals surface area (Å²) in [5.41, 5.74) is 5.17. The maximum atomic E-state index is 13.2. The summed E-state index contributed by atoms with van der Waals surface area (Å²) in [6.45, 7) is 2.39. The van der Waals surface area contributed by atoms with Crippen molar-refractivity contribution in [3.63, 3.8) is 0 Å². The first-order chi connectivity index (χ1) is 14.1. The van der Waals surface area contributed by atoms with E-state index in [0.717, 1.165) is 38.3 Å². The second-order valence-electron chi connectivity index (χ2n) is 6.93. The van der Waals surface area contributed by atoms with Crippen LogP contribution in [0.25, 0.3) is 22.0 Å². The summed E-state index contributed by atoms with van der Waals surface area (Å²) in [5, 5.41) is 4.74. The molecule has 0 bridgehead atoms. The molecule has 1 amide bonds. The molecule has 144 valence electrons. The van der Waals surface area contributed by atoms with E-state index in [0.29, 0.717) is 18.5 Å². The highest BCUT2D eigenvalue weighted by Crippen LogP contribution is 2.32. The predicted octanol–water partition coefficient (Wildman–Crippen LogP) is 5.84. The number of hydrogen-bond acceptors (Lipinski definition) is 2. The summed E-state index contributed by atoms with van der Waals surface area (Å²) in [7, 11) is 0. The third-order valence-electron chi connectivity index (χ3n) is 5.00. The van der Waals surface area contributed by atoms with Crippen molar-refractivity contribution in [3.05, 3.63) is 101 Å². The first-order valence-electron chi connectivity index (χ1n) is 9.61. The molecule has 0 spiro atoms. The van der Waals surface area contributed by atoms with E-state index in [2.05, 4.69) is 10.3 Å². The minimum Gasteiger partial charge on any atom is -0.352 e. The van der Waals surface area contributed by atoms with Crippen LogP contribution in [0.3, 0.4) is 0 Å². The van der Waals surface area contributed by atoms with Gasteiger partial charge in [-0.25, -0.2) is 0 Å². The number of hydrogen-bond donors (Lipinski definition) is 1. The van der Waals surface area contributed by atoms with Crippen LogP contribution in [0.2, 0.25) is 5.02 Å². The Balaban J connectivity index is 1.70. The molecule has 4 aromatic rings. The molecule has 0 unspecified atom stereocenters. The Labute approximate surface area is 175 Å². The van der Waals surface area contributed by atoms with Gasteiger partial charge in [-0.2, -0.15) is 0 Å². The van der Waals surface area contributed by atoms with E-state index >= 15 is 0 Å². The number of carbonyl (C=O) groups is 1. The Bertz CT molecular complexity index is 1170. The van der Waals surface area contributed by atoms with E-state index in [1.54, 1.807) is 0 Å². The van der Waals surface area contributed by atoms with Gasteiger partial charge in [0.25, 0.3) is 5.91 Å². The molecule has 1 aromatic heterocycles. The van der Waals surface area contributed by atoms with Crippen molar-refractivity contribution < 1.29 is 4.79 Å². The Kier molecular flexibility index (Phi) is 5.59. The predicted molar refractivity (Wildman–Crippen MR) is 119 cm³/mol. The number of halogens is 1. The van der Waals surface area contributed by atoms with Gasteiger partial charge in [0.1, 0.15) is 0 Å². The monoisotopic (exact) mass is 400 g/mol. The van der Waals surface area contributed by atoms with Gasteiger partial charge >= 0.3 is 0 Å². The largest absolute Gasteiger partial charge is 0.352 e. The average Bonchev–Trinajstić information content (AvgIpc) is 2.74. The zero-order valence-corrected chi connectivity index (χ0v) is 16.9. The van der Waals surface area contributed by atoms with Crippen molar-refractivity contribution in [2.24, 2.45) is 0 Å². The summed E-state index contributed by atoms with van der Waals surface area (Å²) in [4.78, 5) is 17.9. The lowest BCUT2D eigenvalue weighted by Gasteiger charge is -2.16. The lowest BCUT2D eigenvalue weighted by Crippen LogP contribution is -2.27. The van der Waals surface area contributed by atoms with Gasteiger partial charge in [-0.15, -0.1) is 0 Å². The van der Waals surface area contributed by atoms with E-state index in [4.69, 9.17) is 11.6 Å². The van der Waals surface area contributed by atoms with Gasteiger partial charge in [0.05, 0.1) is 16.8 Å². The maximum Gasteiger partial charge on any atom is 0.253 e. The van der Waals surface area contributed by atoms with Gasteiger partial charge in [-0.05, 0) is 36.6 Å². The van der Waals surface area contributed by atoms with E-state index in [1.165, 1.54) is 0 Å².